The lowest BCUT2D eigenvalue weighted by molar-refractivity contribution is 0.0958. The number of nitrogens with two attached hydrogens (primary N) is 1. The van der Waals surface area contributed by atoms with Crippen molar-refractivity contribution in [2.45, 2.75) is 12.8 Å². The van der Waals surface area contributed by atoms with Gasteiger partial charge in [-0.05, 0) is 36.4 Å². The summed E-state index contributed by atoms with van der Waals surface area (Å²) in [5, 5.41) is 7.78. The number of carbonyl (C=O) groups excluding carboxylic acids is 1. The fourth-order valence-corrected chi connectivity index (χ4v) is 4.54. The molecule has 1 aromatic carbocycles. The molecule has 2 aliphatic carbocycles. The first-order chi connectivity index (χ1) is 15.8. The molecule has 33 heavy (non-hydrogen) atoms. The van der Waals surface area contributed by atoms with Crippen molar-refractivity contribution in [3.05, 3.63) is 86.6 Å². The standard InChI is InChI=1S/C21H18BrF3N4O2S2/c22-12-4-6-16(21(30)27-11-17-18(24)7-5-13(23)9-19(17)25)20(8-12)29-33(31)15-3-1-2-14(10-15)28-32-26/h1-6,8-9,29H,7,10-11,26H2,(H,27,30)/b28-14-. The number of benzene rings is 1. The zero-order valence-corrected chi connectivity index (χ0v) is 20.1. The third-order valence-electron chi connectivity index (χ3n) is 4.55. The van der Waals surface area contributed by atoms with E-state index in [0.717, 1.165) is 18.2 Å². The minimum absolute atomic E-state index is 0.105. The van der Waals surface area contributed by atoms with Crippen molar-refractivity contribution < 1.29 is 22.2 Å². The largest absolute Gasteiger partial charge is 0.348 e. The Morgan fingerprint density at radius 2 is 2.09 bits per heavy atom. The number of rotatable bonds is 7. The number of nitrogens with zero attached hydrogens (tertiary/aromatic N) is 1. The molecule has 1 atom stereocenters. The average Bonchev–Trinajstić information content (AvgIpc) is 2.89. The maximum absolute atomic E-state index is 14.1. The van der Waals surface area contributed by atoms with Crippen LogP contribution in [0.3, 0.4) is 0 Å². The van der Waals surface area contributed by atoms with Crippen LogP contribution in [-0.4, -0.2) is 22.4 Å². The van der Waals surface area contributed by atoms with Gasteiger partial charge in [-0.25, -0.2) is 21.8 Å². The van der Waals surface area contributed by atoms with Gasteiger partial charge in [-0.2, -0.15) is 0 Å². The van der Waals surface area contributed by atoms with E-state index in [1.54, 1.807) is 30.4 Å². The minimum atomic E-state index is -1.70. The third-order valence-corrected chi connectivity index (χ3v) is 6.54. The van der Waals surface area contributed by atoms with Crippen molar-refractivity contribution in [1.29, 1.82) is 0 Å². The monoisotopic (exact) mass is 558 g/mol. The number of carbonyl (C=O) groups is 1. The zero-order valence-electron chi connectivity index (χ0n) is 16.9. The molecule has 1 unspecified atom stereocenters. The highest BCUT2D eigenvalue weighted by Crippen LogP contribution is 2.27. The van der Waals surface area contributed by atoms with Crippen LogP contribution in [0.15, 0.2) is 85.4 Å². The van der Waals surface area contributed by atoms with E-state index >= 15 is 0 Å². The van der Waals surface area contributed by atoms with Crippen LogP contribution in [0.2, 0.25) is 0 Å². The number of anilines is 1. The summed E-state index contributed by atoms with van der Waals surface area (Å²) in [7, 11) is -1.70. The van der Waals surface area contributed by atoms with Gasteiger partial charge in [0.05, 0.1) is 29.1 Å². The van der Waals surface area contributed by atoms with Gasteiger partial charge in [0.25, 0.3) is 5.91 Å². The normalized spacial score (nSPS) is 18.3. The van der Waals surface area contributed by atoms with Gasteiger partial charge in [-0.3, -0.25) is 9.93 Å². The Kier molecular flexibility index (Phi) is 8.89. The third kappa shape index (κ3) is 6.79. The SMILES string of the molecule is NS/N=C1/C=CC=C(S(=O)Nc2cc(Br)ccc2C(=O)NCC2=C(F)CC=C(F)C=C2F)C1. The van der Waals surface area contributed by atoms with Gasteiger partial charge >= 0.3 is 0 Å². The lowest BCUT2D eigenvalue weighted by Crippen LogP contribution is -2.27. The molecule has 174 valence electrons. The molecule has 3 rings (SSSR count). The lowest BCUT2D eigenvalue weighted by Gasteiger charge is -2.15. The molecule has 0 fully saturated rings. The van der Waals surface area contributed by atoms with E-state index in [0.29, 0.717) is 27.6 Å². The predicted octanol–water partition coefficient (Wildman–Crippen LogP) is 5.40. The summed E-state index contributed by atoms with van der Waals surface area (Å²) in [6, 6.07) is 4.62. The maximum Gasteiger partial charge on any atom is 0.253 e. The molecule has 0 spiro atoms. The molecule has 0 saturated heterocycles. The fraction of sp³-hybridized carbons (Fsp3) is 0.143. The number of halogens is 4. The Balaban J connectivity index is 1.76. The van der Waals surface area contributed by atoms with Crippen molar-refractivity contribution >= 4 is 56.4 Å². The van der Waals surface area contributed by atoms with Crippen LogP contribution in [0.4, 0.5) is 18.9 Å². The number of amides is 1. The zero-order chi connectivity index (χ0) is 24.0. The van der Waals surface area contributed by atoms with Crippen LogP contribution in [-0.2, 0) is 11.0 Å². The molecule has 0 radical (unpaired) electrons. The van der Waals surface area contributed by atoms with Crippen LogP contribution >= 0.6 is 28.1 Å². The summed E-state index contributed by atoms with van der Waals surface area (Å²) >= 11 is 4.10. The molecule has 0 heterocycles. The highest BCUT2D eigenvalue weighted by molar-refractivity contribution is 9.10. The summed E-state index contributed by atoms with van der Waals surface area (Å²) in [5.41, 5.74) is 0.544. The van der Waals surface area contributed by atoms with E-state index in [9.17, 15) is 22.2 Å². The predicted molar refractivity (Wildman–Crippen MR) is 130 cm³/mol. The van der Waals surface area contributed by atoms with Crippen molar-refractivity contribution in [3.63, 3.8) is 0 Å². The van der Waals surface area contributed by atoms with E-state index in [1.807, 2.05) is 0 Å². The summed E-state index contributed by atoms with van der Waals surface area (Å²) in [5.74, 6) is -3.53. The smallest absolute Gasteiger partial charge is 0.253 e. The van der Waals surface area contributed by atoms with E-state index in [2.05, 4.69) is 30.4 Å². The Hall–Kier alpha value is -2.41. The van der Waals surface area contributed by atoms with Gasteiger partial charge in [-0.15, -0.1) is 0 Å². The molecule has 1 aromatic rings. The highest BCUT2D eigenvalue weighted by atomic mass is 79.9. The first kappa shape index (κ1) is 25.2. The molecule has 1 amide bonds. The van der Waals surface area contributed by atoms with Crippen molar-refractivity contribution in [3.8, 4) is 0 Å². The second kappa shape index (κ2) is 11.6. The molecule has 0 saturated carbocycles. The van der Waals surface area contributed by atoms with Gasteiger partial charge in [0.1, 0.15) is 28.5 Å². The maximum atomic E-state index is 14.1. The van der Waals surface area contributed by atoms with Gasteiger partial charge in [0, 0.05) is 40.4 Å². The van der Waals surface area contributed by atoms with Gasteiger partial charge in [0.2, 0.25) is 0 Å². The van der Waals surface area contributed by atoms with Crippen LogP contribution in [0.5, 0.6) is 0 Å². The summed E-state index contributed by atoms with van der Waals surface area (Å²) < 4.78 is 61.9. The minimum Gasteiger partial charge on any atom is -0.348 e. The number of hydrogen-bond donors (Lipinski definition) is 3. The second-order valence-electron chi connectivity index (χ2n) is 6.77. The first-order valence-electron chi connectivity index (χ1n) is 9.45. The molecule has 6 nitrogen and oxygen atoms in total. The van der Waals surface area contributed by atoms with Gasteiger partial charge in [0.15, 0.2) is 0 Å². The summed E-state index contributed by atoms with van der Waals surface area (Å²) in [6.07, 6.45) is 6.47. The average molecular weight is 559 g/mol. The fourth-order valence-electron chi connectivity index (χ4n) is 2.94. The summed E-state index contributed by atoms with van der Waals surface area (Å²) in [6.45, 7) is -0.487. The Bertz CT molecular complexity index is 1180. The van der Waals surface area contributed by atoms with E-state index in [-0.39, 0.29) is 11.3 Å². The van der Waals surface area contributed by atoms with Gasteiger partial charge < -0.3 is 10.0 Å². The Morgan fingerprint density at radius 3 is 2.85 bits per heavy atom. The van der Waals surface area contributed by atoms with Crippen molar-refractivity contribution in [2.75, 3.05) is 11.3 Å². The highest BCUT2D eigenvalue weighted by Gasteiger charge is 2.20. The molecule has 2 aliphatic rings. The molecule has 0 aliphatic heterocycles. The molecule has 4 N–H and O–H groups in total. The Labute approximate surface area is 203 Å². The molecule has 0 aromatic heterocycles. The second-order valence-corrected chi connectivity index (χ2v) is 9.34. The van der Waals surface area contributed by atoms with Crippen LogP contribution < -0.4 is 15.2 Å². The molecular weight excluding hydrogens is 541 g/mol. The quantitative estimate of drug-likeness (QED) is 0.390. The Morgan fingerprint density at radius 1 is 1.30 bits per heavy atom. The number of hydrogen-bond acceptors (Lipinski definition) is 5. The van der Waals surface area contributed by atoms with E-state index in [4.69, 9.17) is 5.14 Å². The topological polar surface area (TPSA) is 96.6 Å². The lowest BCUT2D eigenvalue weighted by atomic mass is 10.1. The van der Waals surface area contributed by atoms with Gasteiger partial charge in [-0.1, -0.05) is 22.0 Å². The van der Waals surface area contributed by atoms with E-state index in [1.165, 1.54) is 6.07 Å². The molecule has 12 heteroatoms. The van der Waals surface area contributed by atoms with Crippen molar-refractivity contribution in [1.82, 2.24) is 5.32 Å². The van der Waals surface area contributed by atoms with Crippen LogP contribution in [0, 0.1) is 0 Å². The first-order valence-corrected chi connectivity index (χ1v) is 12.2. The van der Waals surface area contributed by atoms with Crippen LogP contribution in [0.25, 0.3) is 0 Å². The molecule has 0 bridgehead atoms. The van der Waals surface area contributed by atoms with E-state index < -0.39 is 52.9 Å². The van der Waals surface area contributed by atoms with Crippen LogP contribution in [0.1, 0.15) is 23.2 Å². The number of nitrogens with one attached hydrogen (secondary N) is 2. The summed E-state index contributed by atoms with van der Waals surface area (Å²) in [4.78, 5) is 13.3. The number of allylic oxidation sites excluding steroid dienone is 8. The van der Waals surface area contributed by atoms with Crippen molar-refractivity contribution in [2.24, 2.45) is 9.54 Å². The molecular formula is C21H18BrF3N4O2S2.